The molecule has 0 spiro atoms. The first-order valence-corrected chi connectivity index (χ1v) is 8.53. The topological polar surface area (TPSA) is 68.3 Å². The minimum Gasteiger partial charge on any atom is -0.426 e. The summed E-state index contributed by atoms with van der Waals surface area (Å²) in [5, 5.41) is 5.13. The van der Waals surface area contributed by atoms with E-state index in [4.69, 9.17) is 4.74 Å². The van der Waals surface area contributed by atoms with E-state index in [1.807, 2.05) is 35.7 Å². The number of benzene rings is 2. The molecular weight excluding hydrogens is 336 g/mol. The fraction of sp³-hybridized carbons (Fsp3) is 0.105. The number of ether oxygens (including phenoxy) is 1. The van der Waals surface area contributed by atoms with E-state index in [2.05, 4.69) is 10.3 Å². The van der Waals surface area contributed by atoms with Crippen molar-refractivity contribution in [2.24, 2.45) is 0 Å². The van der Waals surface area contributed by atoms with Crippen molar-refractivity contribution < 1.29 is 14.3 Å². The predicted molar refractivity (Wildman–Crippen MR) is 98.0 cm³/mol. The van der Waals surface area contributed by atoms with Crippen LogP contribution in [0.25, 0.3) is 11.3 Å². The van der Waals surface area contributed by atoms with E-state index in [1.165, 1.54) is 18.3 Å². The number of rotatable bonds is 4. The summed E-state index contributed by atoms with van der Waals surface area (Å²) in [4.78, 5) is 28.3. The summed E-state index contributed by atoms with van der Waals surface area (Å²) in [7, 11) is 0. The largest absolute Gasteiger partial charge is 0.426 e. The number of para-hydroxylation sites is 1. The van der Waals surface area contributed by atoms with Crippen LogP contribution in [0, 0.1) is 6.92 Å². The van der Waals surface area contributed by atoms with Crippen LogP contribution in [-0.2, 0) is 4.79 Å². The van der Waals surface area contributed by atoms with Gasteiger partial charge in [0.25, 0.3) is 5.91 Å². The van der Waals surface area contributed by atoms with E-state index < -0.39 is 5.97 Å². The minimum atomic E-state index is -0.469. The number of amides is 1. The average Bonchev–Trinajstić information content (AvgIpc) is 3.05. The summed E-state index contributed by atoms with van der Waals surface area (Å²) < 4.78 is 5.19. The van der Waals surface area contributed by atoms with Gasteiger partial charge in [0.1, 0.15) is 5.75 Å². The van der Waals surface area contributed by atoms with Crippen LogP contribution in [0.3, 0.4) is 0 Å². The van der Waals surface area contributed by atoms with Gasteiger partial charge in [-0.25, -0.2) is 4.98 Å². The maximum Gasteiger partial charge on any atom is 0.308 e. The number of esters is 1. The first-order chi connectivity index (χ1) is 12.0. The molecule has 3 rings (SSSR count). The van der Waals surface area contributed by atoms with Crippen molar-refractivity contribution in [3.8, 4) is 17.0 Å². The number of thiazole rings is 1. The van der Waals surface area contributed by atoms with Crippen LogP contribution in [0.1, 0.15) is 22.8 Å². The van der Waals surface area contributed by atoms with Gasteiger partial charge in [-0.05, 0) is 18.6 Å². The second-order valence-electron chi connectivity index (χ2n) is 5.40. The molecular formula is C19H16N2O3S. The number of nitrogens with one attached hydrogen (secondary N) is 1. The summed E-state index contributed by atoms with van der Waals surface area (Å²) in [5.74, 6) is -0.565. The SMILES string of the molecule is CC(=O)Oc1c(C)cccc1C(=O)Nc1nc(-c2ccccc2)cs1. The van der Waals surface area contributed by atoms with E-state index in [0.717, 1.165) is 11.3 Å². The zero-order chi connectivity index (χ0) is 17.8. The molecule has 3 aromatic rings. The summed E-state index contributed by atoms with van der Waals surface area (Å²) in [6.07, 6.45) is 0. The molecule has 1 aromatic heterocycles. The molecule has 0 fully saturated rings. The molecule has 2 aromatic carbocycles. The Kier molecular flexibility index (Phi) is 4.90. The quantitative estimate of drug-likeness (QED) is 0.562. The number of carbonyl (C=O) groups excluding carboxylic acids is 2. The maximum atomic E-state index is 12.6. The smallest absolute Gasteiger partial charge is 0.308 e. The number of aromatic nitrogens is 1. The molecule has 6 heteroatoms. The van der Waals surface area contributed by atoms with Crippen molar-refractivity contribution in [3.63, 3.8) is 0 Å². The van der Waals surface area contributed by atoms with Gasteiger partial charge in [-0.3, -0.25) is 14.9 Å². The first kappa shape index (κ1) is 16.9. The molecule has 0 radical (unpaired) electrons. The van der Waals surface area contributed by atoms with Crippen molar-refractivity contribution in [1.29, 1.82) is 0 Å². The van der Waals surface area contributed by atoms with Crippen molar-refractivity contribution in [3.05, 3.63) is 65.0 Å². The Morgan fingerprint density at radius 3 is 2.56 bits per heavy atom. The molecule has 1 N–H and O–H groups in total. The van der Waals surface area contributed by atoms with Crippen LogP contribution in [-0.4, -0.2) is 16.9 Å². The van der Waals surface area contributed by atoms with Crippen LogP contribution in [0.5, 0.6) is 5.75 Å². The highest BCUT2D eigenvalue weighted by Gasteiger charge is 2.17. The first-order valence-electron chi connectivity index (χ1n) is 7.65. The summed E-state index contributed by atoms with van der Waals surface area (Å²) >= 11 is 1.34. The van der Waals surface area contributed by atoms with Gasteiger partial charge in [0.15, 0.2) is 5.13 Å². The van der Waals surface area contributed by atoms with E-state index in [-0.39, 0.29) is 11.7 Å². The van der Waals surface area contributed by atoms with Gasteiger partial charge in [-0.1, -0.05) is 42.5 Å². The second kappa shape index (κ2) is 7.27. The molecule has 0 saturated heterocycles. The zero-order valence-electron chi connectivity index (χ0n) is 13.8. The van der Waals surface area contributed by atoms with Crippen LogP contribution in [0.2, 0.25) is 0 Å². The third-order valence-electron chi connectivity index (χ3n) is 3.50. The van der Waals surface area contributed by atoms with Gasteiger partial charge in [-0.2, -0.15) is 0 Å². The van der Waals surface area contributed by atoms with Crippen molar-refractivity contribution in [2.75, 3.05) is 5.32 Å². The molecule has 0 unspecified atom stereocenters. The Hall–Kier alpha value is -2.99. The third kappa shape index (κ3) is 3.92. The zero-order valence-corrected chi connectivity index (χ0v) is 14.6. The Labute approximate surface area is 149 Å². The molecule has 0 bridgehead atoms. The van der Waals surface area contributed by atoms with Crippen molar-refractivity contribution >= 4 is 28.3 Å². The highest BCUT2D eigenvalue weighted by Crippen LogP contribution is 2.27. The number of hydrogen-bond donors (Lipinski definition) is 1. The Morgan fingerprint density at radius 2 is 1.84 bits per heavy atom. The number of hydrogen-bond acceptors (Lipinski definition) is 5. The lowest BCUT2D eigenvalue weighted by Crippen LogP contribution is -2.15. The summed E-state index contributed by atoms with van der Waals surface area (Å²) in [6, 6.07) is 14.9. The minimum absolute atomic E-state index is 0.271. The summed E-state index contributed by atoms with van der Waals surface area (Å²) in [6.45, 7) is 3.09. The van der Waals surface area contributed by atoms with E-state index >= 15 is 0 Å². The standard InChI is InChI=1S/C19H16N2O3S/c1-12-7-6-10-15(17(12)24-13(2)22)18(23)21-19-20-16(11-25-19)14-8-4-3-5-9-14/h3-11H,1-2H3,(H,20,21,23). The fourth-order valence-electron chi connectivity index (χ4n) is 2.35. The fourth-order valence-corrected chi connectivity index (χ4v) is 3.06. The van der Waals surface area contributed by atoms with Gasteiger partial charge in [0, 0.05) is 17.9 Å². The van der Waals surface area contributed by atoms with Crippen LogP contribution >= 0.6 is 11.3 Å². The maximum absolute atomic E-state index is 12.6. The second-order valence-corrected chi connectivity index (χ2v) is 6.26. The lowest BCUT2D eigenvalue weighted by molar-refractivity contribution is -0.131. The van der Waals surface area contributed by atoms with Crippen LogP contribution < -0.4 is 10.1 Å². The van der Waals surface area contributed by atoms with Gasteiger partial charge in [-0.15, -0.1) is 11.3 Å². The molecule has 126 valence electrons. The van der Waals surface area contributed by atoms with Gasteiger partial charge in [0.05, 0.1) is 11.3 Å². The van der Waals surface area contributed by atoms with Crippen molar-refractivity contribution in [1.82, 2.24) is 4.98 Å². The number of nitrogens with zero attached hydrogens (tertiary/aromatic N) is 1. The third-order valence-corrected chi connectivity index (χ3v) is 4.25. The van der Waals surface area contributed by atoms with Gasteiger partial charge >= 0.3 is 5.97 Å². The molecule has 0 aliphatic rings. The van der Waals surface area contributed by atoms with E-state index in [0.29, 0.717) is 16.3 Å². The van der Waals surface area contributed by atoms with Gasteiger partial charge < -0.3 is 4.74 Å². The number of carbonyl (C=O) groups is 2. The number of anilines is 1. The molecule has 1 heterocycles. The molecule has 1 amide bonds. The summed E-state index contributed by atoms with van der Waals surface area (Å²) in [5.41, 5.74) is 2.79. The van der Waals surface area contributed by atoms with Gasteiger partial charge in [0.2, 0.25) is 0 Å². The Bertz CT molecular complexity index is 919. The Balaban J connectivity index is 1.83. The average molecular weight is 352 g/mol. The van der Waals surface area contributed by atoms with E-state index in [9.17, 15) is 9.59 Å². The van der Waals surface area contributed by atoms with Crippen LogP contribution in [0.4, 0.5) is 5.13 Å². The Morgan fingerprint density at radius 1 is 1.08 bits per heavy atom. The normalized spacial score (nSPS) is 10.3. The molecule has 0 atom stereocenters. The predicted octanol–water partition coefficient (Wildman–Crippen LogP) is 4.30. The lowest BCUT2D eigenvalue weighted by Gasteiger charge is -2.10. The highest BCUT2D eigenvalue weighted by atomic mass is 32.1. The van der Waals surface area contributed by atoms with Crippen LogP contribution in [0.15, 0.2) is 53.9 Å². The highest BCUT2D eigenvalue weighted by molar-refractivity contribution is 7.14. The molecule has 0 saturated carbocycles. The molecule has 0 aliphatic carbocycles. The molecule has 0 aliphatic heterocycles. The number of aryl methyl sites for hydroxylation is 1. The monoisotopic (exact) mass is 352 g/mol. The van der Waals surface area contributed by atoms with Crippen molar-refractivity contribution in [2.45, 2.75) is 13.8 Å². The lowest BCUT2D eigenvalue weighted by atomic mass is 10.1. The molecule has 25 heavy (non-hydrogen) atoms. The van der Waals surface area contributed by atoms with E-state index in [1.54, 1.807) is 25.1 Å². The molecule has 5 nitrogen and oxygen atoms in total.